The van der Waals surface area contributed by atoms with Gasteiger partial charge in [-0.25, -0.2) is 0 Å². The minimum atomic E-state index is -0.595. The van der Waals surface area contributed by atoms with Crippen molar-refractivity contribution in [3.05, 3.63) is 59.7 Å². The normalized spacial score (nSPS) is 10.3. The maximum absolute atomic E-state index is 12.2. The molecule has 31 heavy (non-hydrogen) atoms. The zero-order valence-corrected chi connectivity index (χ0v) is 18.0. The van der Waals surface area contributed by atoms with Gasteiger partial charge < -0.3 is 19.5 Å². The van der Waals surface area contributed by atoms with Crippen LogP contribution in [0.2, 0.25) is 0 Å². The van der Waals surface area contributed by atoms with Crippen molar-refractivity contribution < 1.29 is 28.6 Å². The van der Waals surface area contributed by atoms with Crippen molar-refractivity contribution in [3.8, 4) is 11.5 Å². The van der Waals surface area contributed by atoms with E-state index in [0.717, 1.165) is 17.7 Å². The molecule has 0 fully saturated rings. The molecule has 7 nitrogen and oxygen atoms in total. The fourth-order valence-corrected chi connectivity index (χ4v) is 2.65. The summed E-state index contributed by atoms with van der Waals surface area (Å²) in [6.07, 6.45) is 0.832. The topological polar surface area (TPSA) is 90.9 Å². The van der Waals surface area contributed by atoms with Crippen molar-refractivity contribution in [1.29, 1.82) is 0 Å². The molecule has 0 heterocycles. The highest BCUT2D eigenvalue weighted by atomic mass is 16.5. The minimum absolute atomic E-state index is 0.0138. The van der Waals surface area contributed by atoms with Crippen LogP contribution in [0.5, 0.6) is 11.5 Å². The van der Waals surface area contributed by atoms with Crippen molar-refractivity contribution in [3.63, 3.8) is 0 Å². The summed E-state index contributed by atoms with van der Waals surface area (Å²) in [6.45, 7) is 4.81. The van der Waals surface area contributed by atoms with Crippen molar-refractivity contribution in [1.82, 2.24) is 5.32 Å². The molecule has 0 saturated heterocycles. The van der Waals surface area contributed by atoms with E-state index in [1.807, 2.05) is 38.1 Å². The Hall–Kier alpha value is -3.35. The lowest BCUT2D eigenvalue weighted by Crippen LogP contribution is -2.32. The Morgan fingerprint density at radius 1 is 0.903 bits per heavy atom. The van der Waals surface area contributed by atoms with E-state index in [0.29, 0.717) is 31.1 Å². The number of Topliss-reactive ketones (excluding diaryl/α,β-unsaturated/α-hetero) is 1. The van der Waals surface area contributed by atoms with E-state index >= 15 is 0 Å². The molecular formula is C24H29NO6. The Kier molecular flexibility index (Phi) is 10.1. The van der Waals surface area contributed by atoms with Crippen LogP contribution >= 0.6 is 0 Å². The van der Waals surface area contributed by atoms with E-state index in [-0.39, 0.29) is 25.2 Å². The average molecular weight is 427 g/mol. The van der Waals surface area contributed by atoms with Crippen molar-refractivity contribution >= 4 is 17.7 Å². The first-order valence-corrected chi connectivity index (χ1v) is 10.4. The molecule has 0 spiro atoms. The second-order valence-corrected chi connectivity index (χ2v) is 6.97. The number of nitrogens with one attached hydrogen (secondary N) is 1. The number of amides is 1. The molecular weight excluding hydrogens is 398 g/mol. The van der Waals surface area contributed by atoms with Gasteiger partial charge in [-0.3, -0.25) is 14.4 Å². The summed E-state index contributed by atoms with van der Waals surface area (Å²) in [5.74, 6) is 0.246. The van der Waals surface area contributed by atoms with E-state index in [4.69, 9.17) is 14.2 Å². The van der Waals surface area contributed by atoms with Crippen molar-refractivity contribution in [2.45, 2.75) is 33.1 Å². The molecule has 1 amide bonds. The smallest absolute Gasteiger partial charge is 0.306 e. The molecule has 2 aromatic rings. The second-order valence-electron chi connectivity index (χ2n) is 6.97. The maximum atomic E-state index is 12.2. The number of esters is 1. The lowest BCUT2D eigenvalue weighted by Gasteiger charge is -2.09. The molecule has 0 radical (unpaired) electrons. The van der Waals surface area contributed by atoms with Gasteiger partial charge in [-0.15, -0.1) is 0 Å². The molecule has 0 aliphatic heterocycles. The van der Waals surface area contributed by atoms with Crippen LogP contribution in [0.4, 0.5) is 0 Å². The zero-order valence-electron chi connectivity index (χ0n) is 18.0. The SMILES string of the molecule is CCCOc1ccc(C(=O)CCC(=O)OCC(=O)NCCOc2cccc(C)c2)cc1. The number of rotatable bonds is 13. The van der Waals surface area contributed by atoms with Crippen LogP contribution in [0.1, 0.15) is 42.1 Å². The standard InChI is InChI=1S/C24H29NO6/c1-3-14-29-20-9-7-19(8-10-20)22(26)11-12-24(28)31-17-23(27)25-13-15-30-21-6-4-5-18(2)16-21/h4-10,16H,3,11-15,17H2,1-2H3,(H,25,27). The van der Waals surface area contributed by atoms with Gasteiger partial charge in [0.05, 0.1) is 19.6 Å². The third-order valence-corrected chi connectivity index (χ3v) is 4.25. The van der Waals surface area contributed by atoms with Crippen LogP contribution in [-0.2, 0) is 14.3 Å². The van der Waals surface area contributed by atoms with Crippen LogP contribution in [0.15, 0.2) is 48.5 Å². The molecule has 0 bridgehead atoms. The van der Waals surface area contributed by atoms with Crippen molar-refractivity contribution in [2.75, 3.05) is 26.4 Å². The van der Waals surface area contributed by atoms with Gasteiger partial charge in [0, 0.05) is 12.0 Å². The number of benzene rings is 2. The van der Waals surface area contributed by atoms with Crippen molar-refractivity contribution in [2.24, 2.45) is 0 Å². The second kappa shape index (κ2) is 13.1. The Bertz CT molecular complexity index is 863. The van der Waals surface area contributed by atoms with Gasteiger partial charge in [0.2, 0.25) is 0 Å². The molecule has 166 valence electrons. The molecule has 2 rings (SSSR count). The van der Waals surface area contributed by atoms with Gasteiger partial charge in [0.15, 0.2) is 12.4 Å². The molecule has 7 heteroatoms. The fraction of sp³-hybridized carbons (Fsp3) is 0.375. The highest BCUT2D eigenvalue weighted by Crippen LogP contribution is 2.14. The van der Waals surface area contributed by atoms with Gasteiger partial charge in [0.1, 0.15) is 18.1 Å². The van der Waals surface area contributed by atoms with E-state index in [9.17, 15) is 14.4 Å². The van der Waals surface area contributed by atoms with Gasteiger partial charge in [-0.2, -0.15) is 0 Å². The van der Waals surface area contributed by atoms with E-state index in [1.54, 1.807) is 24.3 Å². The quantitative estimate of drug-likeness (QED) is 0.299. The predicted molar refractivity (Wildman–Crippen MR) is 116 cm³/mol. The van der Waals surface area contributed by atoms with Gasteiger partial charge >= 0.3 is 5.97 Å². The molecule has 0 saturated carbocycles. The lowest BCUT2D eigenvalue weighted by molar-refractivity contribution is -0.148. The average Bonchev–Trinajstić information content (AvgIpc) is 2.78. The van der Waals surface area contributed by atoms with E-state index in [1.165, 1.54) is 0 Å². The minimum Gasteiger partial charge on any atom is -0.494 e. The first-order valence-electron chi connectivity index (χ1n) is 10.4. The van der Waals surface area contributed by atoms with Crippen LogP contribution in [0, 0.1) is 6.92 Å². The first-order chi connectivity index (χ1) is 15.0. The molecule has 0 unspecified atom stereocenters. The molecule has 2 aromatic carbocycles. The Balaban J connectivity index is 1.59. The summed E-state index contributed by atoms with van der Waals surface area (Å²) in [5, 5.41) is 2.61. The van der Waals surface area contributed by atoms with Crippen LogP contribution < -0.4 is 14.8 Å². The summed E-state index contributed by atoms with van der Waals surface area (Å²) < 4.78 is 15.9. The number of carbonyl (C=O) groups is 3. The number of carbonyl (C=O) groups excluding carboxylic acids is 3. The summed E-state index contributed by atoms with van der Waals surface area (Å²) in [5.41, 5.74) is 1.59. The maximum Gasteiger partial charge on any atom is 0.306 e. The summed E-state index contributed by atoms with van der Waals surface area (Å²) in [4.78, 5) is 35.7. The highest BCUT2D eigenvalue weighted by Gasteiger charge is 2.12. The van der Waals surface area contributed by atoms with Crippen LogP contribution in [-0.4, -0.2) is 44.0 Å². The molecule has 0 aliphatic carbocycles. The van der Waals surface area contributed by atoms with Gasteiger partial charge in [0.25, 0.3) is 5.91 Å². The first kappa shape index (κ1) is 23.9. The monoisotopic (exact) mass is 427 g/mol. The Morgan fingerprint density at radius 3 is 2.35 bits per heavy atom. The number of hydrogen-bond acceptors (Lipinski definition) is 6. The largest absolute Gasteiger partial charge is 0.494 e. The third kappa shape index (κ3) is 9.33. The number of ether oxygens (including phenoxy) is 3. The third-order valence-electron chi connectivity index (χ3n) is 4.25. The highest BCUT2D eigenvalue weighted by molar-refractivity contribution is 5.97. The van der Waals surface area contributed by atoms with Crippen LogP contribution in [0.25, 0.3) is 0 Å². The number of aryl methyl sites for hydroxylation is 1. The molecule has 0 aromatic heterocycles. The molecule has 0 atom stereocenters. The summed E-state index contributed by atoms with van der Waals surface area (Å²) >= 11 is 0. The van der Waals surface area contributed by atoms with E-state index in [2.05, 4.69) is 5.32 Å². The van der Waals surface area contributed by atoms with Crippen LogP contribution in [0.3, 0.4) is 0 Å². The Labute approximate surface area is 182 Å². The summed E-state index contributed by atoms with van der Waals surface area (Å²) in [6, 6.07) is 14.4. The lowest BCUT2D eigenvalue weighted by atomic mass is 10.1. The van der Waals surface area contributed by atoms with Gasteiger partial charge in [-0.05, 0) is 55.3 Å². The Morgan fingerprint density at radius 2 is 1.65 bits per heavy atom. The van der Waals surface area contributed by atoms with Gasteiger partial charge in [-0.1, -0.05) is 19.1 Å². The summed E-state index contributed by atoms with van der Waals surface area (Å²) in [7, 11) is 0. The number of ketones is 1. The predicted octanol–water partition coefficient (Wildman–Crippen LogP) is 3.49. The fourth-order valence-electron chi connectivity index (χ4n) is 2.65. The molecule has 0 aliphatic rings. The number of hydrogen-bond donors (Lipinski definition) is 1. The van der Waals surface area contributed by atoms with E-state index < -0.39 is 11.9 Å². The molecule has 1 N–H and O–H groups in total. The zero-order chi connectivity index (χ0) is 22.5.